The van der Waals surface area contributed by atoms with E-state index in [0.717, 1.165) is 6.42 Å². The summed E-state index contributed by atoms with van der Waals surface area (Å²) in [4.78, 5) is 38.7. The average molecular weight is 317 g/mol. The number of nitrogens with one attached hydrogen (secondary N) is 1. The van der Waals surface area contributed by atoms with Gasteiger partial charge in [0.25, 0.3) is 0 Å². The molecular formula is C17H23N3O3. The Morgan fingerprint density at radius 1 is 1.00 bits per heavy atom. The highest BCUT2D eigenvalue weighted by Crippen LogP contribution is 2.11. The zero-order valence-corrected chi connectivity index (χ0v) is 13.7. The zero-order valence-electron chi connectivity index (χ0n) is 13.7. The Morgan fingerprint density at radius 2 is 1.57 bits per heavy atom. The first kappa shape index (κ1) is 17.0. The van der Waals surface area contributed by atoms with Crippen LogP contribution < -0.4 is 5.32 Å². The number of nitrogens with zero attached hydrogens (tertiary/aromatic N) is 2. The quantitative estimate of drug-likeness (QED) is 0.850. The van der Waals surface area contributed by atoms with E-state index >= 15 is 0 Å². The molecule has 2 rings (SSSR count). The van der Waals surface area contributed by atoms with E-state index in [4.69, 9.17) is 0 Å². The summed E-state index contributed by atoms with van der Waals surface area (Å²) < 4.78 is 0. The van der Waals surface area contributed by atoms with E-state index in [1.807, 2.05) is 24.3 Å². The minimum atomic E-state index is -0.312. The topological polar surface area (TPSA) is 69.7 Å². The van der Waals surface area contributed by atoms with Gasteiger partial charge in [-0.1, -0.05) is 19.1 Å². The van der Waals surface area contributed by atoms with Crippen molar-refractivity contribution in [1.29, 1.82) is 0 Å². The van der Waals surface area contributed by atoms with Gasteiger partial charge in [-0.2, -0.15) is 0 Å². The predicted molar refractivity (Wildman–Crippen MR) is 87.9 cm³/mol. The number of rotatable bonds is 4. The second kappa shape index (κ2) is 7.76. The van der Waals surface area contributed by atoms with E-state index in [2.05, 4.69) is 12.2 Å². The van der Waals surface area contributed by atoms with Crippen molar-refractivity contribution < 1.29 is 14.4 Å². The van der Waals surface area contributed by atoms with Gasteiger partial charge < -0.3 is 15.1 Å². The number of hydrogen-bond acceptors (Lipinski definition) is 3. The molecule has 1 aliphatic rings. The van der Waals surface area contributed by atoms with Crippen molar-refractivity contribution in [2.24, 2.45) is 0 Å². The Bertz CT molecular complexity index is 575. The monoisotopic (exact) mass is 317 g/mol. The first-order chi connectivity index (χ1) is 11.0. The van der Waals surface area contributed by atoms with E-state index in [0.29, 0.717) is 31.9 Å². The summed E-state index contributed by atoms with van der Waals surface area (Å²) in [6.07, 6.45) is 0.772. The number of benzene rings is 1. The van der Waals surface area contributed by atoms with Crippen molar-refractivity contribution in [3.63, 3.8) is 0 Å². The largest absolute Gasteiger partial charge is 0.339 e. The molecule has 1 fully saturated rings. The molecule has 0 atom stereocenters. The summed E-state index contributed by atoms with van der Waals surface area (Å²) in [6.45, 7) is 5.61. The van der Waals surface area contributed by atoms with Crippen molar-refractivity contribution >= 4 is 23.4 Å². The van der Waals surface area contributed by atoms with Gasteiger partial charge in [0.2, 0.25) is 17.7 Å². The van der Waals surface area contributed by atoms with Crippen molar-refractivity contribution in [2.45, 2.75) is 26.7 Å². The van der Waals surface area contributed by atoms with Crippen molar-refractivity contribution in [2.75, 3.05) is 31.5 Å². The molecule has 0 saturated carbocycles. The molecule has 124 valence electrons. The smallest absolute Gasteiger partial charge is 0.233 e. The number of piperazine rings is 1. The molecule has 0 spiro atoms. The van der Waals surface area contributed by atoms with Crippen LogP contribution in [0.3, 0.4) is 0 Å². The minimum absolute atomic E-state index is 0.0189. The second-order valence-electron chi connectivity index (χ2n) is 5.66. The number of hydrogen-bond donors (Lipinski definition) is 1. The van der Waals surface area contributed by atoms with Gasteiger partial charge in [0.1, 0.15) is 6.42 Å². The second-order valence-corrected chi connectivity index (χ2v) is 5.66. The minimum Gasteiger partial charge on any atom is -0.339 e. The summed E-state index contributed by atoms with van der Waals surface area (Å²) in [5, 5.41) is 2.74. The molecule has 23 heavy (non-hydrogen) atoms. The predicted octanol–water partition coefficient (Wildman–Crippen LogP) is 1.27. The molecule has 1 N–H and O–H groups in total. The fraction of sp³-hybridized carbons (Fsp3) is 0.471. The van der Waals surface area contributed by atoms with E-state index in [1.54, 1.807) is 9.80 Å². The Labute approximate surface area is 136 Å². The molecule has 6 heteroatoms. The first-order valence-electron chi connectivity index (χ1n) is 7.91. The van der Waals surface area contributed by atoms with Crippen molar-refractivity contribution in [3.05, 3.63) is 29.8 Å². The summed E-state index contributed by atoms with van der Waals surface area (Å²) in [6, 6.07) is 7.59. The van der Waals surface area contributed by atoms with Gasteiger partial charge in [0, 0.05) is 38.8 Å². The van der Waals surface area contributed by atoms with E-state index in [1.165, 1.54) is 12.5 Å². The van der Waals surface area contributed by atoms with Crippen molar-refractivity contribution in [3.8, 4) is 0 Å². The van der Waals surface area contributed by atoms with Crippen LogP contribution in [0.1, 0.15) is 25.8 Å². The molecule has 3 amide bonds. The Balaban J connectivity index is 1.80. The lowest BCUT2D eigenvalue weighted by Gasteiger charge is -2.34. The molecule has 0 bridgehead atoms. The maximum absolute atomic E-state index is 12.1. The fourth-order valence-electron chi connectivity index (χ4n) is 2.55. The summed E-state index contributed by atoms with van der Waals surface area (Å²) in [7, 11) is 0. The molecule has 6 nitrogen and oxygen atoms in total. The van der Waals surface area contributed by atoms with E-state index in [9.17, 15) is 14.4 Å². The molecular weight excluding hydrogens is 294 g/mol. The van der Waals surface area contributed by atoms with Gasteiger partial charge in [0.05, 0.1) is 0 Å². The van der Waals surface area contributed by atoms with Gasteiger partial charge in [0.15, 0.2) is 0 Å². The molecule has 1 aromatic carbocycles. The molecule has 1 aliphatic heterocycles. The third-order valence-corrected chi connectivity index (χ3v) is 4.04. The van der Waals surface area contributed by atoms with Crippen LogP contribution in [0.4, 0.5) is 5.69 Å². The maximum Gasteiger partial charge on any atom is 0.233 e. The first-order valence-corrected chi connectivity index (χ1v) is 7.91. The molecule has 1 aromatic rings. The van der Waals surface area contributed by atoms with Crippen LogP contribution >= 0.6 is 0 Å². The molecule has 0 unspecified atom stereocenters. The molecule has 1 heterocycles. The number of carbonyl (C=O) groups is 3. The molecule has 0 aliphatic carbocycles. The van der Waals surface area contributed by atoms with E-state index in [-0.39, 0.29) is 24.1 Å². The number of carbonyl (C=O) groups excluding carboxylic acids is 3. The standard InChI is InChI=1S/C17H23N3O3/c1-3-14-4-6-15(7-5-14)18-16(22)12-17(23)20-10-8-19(9-11-20)13(2)21/h4-7H,3,8-12H2,1-2H3,(H,18,22). The van der Waals surface area contributed by atoms with Crippen LogP contribution in [0.25, 0.3) is 0 Å². The summed E-state index contributed by atoms with van der Waals surface area (Å²) in [5.41, 5.74) is 1.89. The molecule has 0 radical (unpaired) electrons. The average Bonchev–Trinajstić information content (AvgIpc) is 2.55. The van der Waals surface area contributed by atoms with Crippen LogP contribution in [0.15, 0.2) is 24.3 Å². The van der Waals surface area contributed by atoms with Crippen molar-refractivity contribution in [1.82, 2.24) is 9.80 Å². The van der Waals surface area contributed by atoms with Gasteiger partial charge in [-0.15, -0.1) is 0 Å². The van der Waals surface area contributed by atoms with Crippen LogP contribution in [-0.4, -0.2) is 53.7 Å². The maximum atomic E-state index is 12.1. The van der Waals surface area contributed by atoms with Gasteiger partial charge in [-0.3, -0.25) is 14.4 Å². The third kappa shape index (κ3) is 4.81. The number of aryl methyl sites for hydroxylation is 1. The van der Waals surface area contributed by atoms with Crippen LogP contribution in [0.5, 0.6) is 0 Å². The highest BCUT2D eigenvalue weighted by Gasteiger charge is 2.23. The molecule has 1 saturated heterocycles. The highest BCUT2D eigenvalue weighted by molar-refractivity contribution is 6.03. The van der Waals surface area contributed by atoms with Gasteiger partial charge >= 0.3 is 0 Å². The lowest BCUT2D eigenvalue weighted by molar-refractivity contribution is -0.140. The SMILES string of the molecule is CCc1ccc(NC(=O)CC(=O)N2CCN(C(C)=O)CC2)cc1. The van der Waals surface area contributed by atoms with E-state index < -0.39 is 0 Å². The Kier molecular flexibility index (Phi) is 5.73. The Hall–Kier alpha value is -2.37. The lowest BCUT2D eigenvalue weighted by atomic mass is 10.1. The number of amides is 3. The summed E-state index contributed by atoms with van der Waals surface area (Å²) >= 11 is 0. The van der Waals surface area contributed by atoms with Crippen LogP contribution in [-0.2, 0) is 20.8 Å². The van der Waals surface area contributed by atoms with Gasteiger partial charge in [-0.05, 0) is 24.1 Å². The lowest BCUT2D eigenvalue weighted by Crippen LogP contribution is -2.50. The Morgan fingerprint density at radius 3 is 2.09 bits per heavy atom. The molecule has 0 aromatic heterocycles. The zero-order chi connectivity index (χ0) is 16.8. The number of anilines is 1. The highest BCUT2D eigenvalue weighted by atomic mass is 16.2. The fourth-order valence-corrected chi connectivity index (χ4v) is 2.55. The van der Waals surface area contributed by atoms with Gasteiger partial charge in [-0.25, -0.2) is 0 Å². The van der Waals surface area contributed by atoms with Crippen LogP contribution in [0, 0.1) is 0 Å². The third-order valence-electron chi connectivity index (χ3n) is 4.04. The normalized spacial score (nSPS) is 14.5. The summed E-state index contributed by atoms with van der Waals surface area (Å²) in [5.74, 6) is -0.491. The van der Waals surface area contributed by atoms with Crippen LogP contribution in [0.2, 0.25) is 0 Å².